The second kappa shape index (κ2) is 31.1. The van der Waals surface area contributed by atoms with E-state index in [1.165, 1.54) is 25.3 Å². The third-order valence-corrected chi connectivity index (χ3v) is 3.92. The van der Waals surface area contributed by atoms with Crippen molar-refractivity contribution < 1.29 is 42.9 Å². The first-order valence-electron chi connectivity index (χ1n) is 13.1. The van der Waals surface area contributed by atoms with Crippen LogP contribution in [-0.4, -0.2) is 84.9 Å². The average Bonchev–Trinajstić information content (AvgIpc) is 3.47. The summed E-state index contributed by atoms with van der Waals surface area (Å²) < 4.78 is 29.5. The van der Waals surface area contributed by atoms with Gasteiger partial charge in [-0.3, -0.25) is 9.59 Å². The smallest absolute Gasteiger partial charge is 0.297 e. The van der Waals surface area contributed by atoms with Crippen molar-refractivity contribution in [3.8, 4) is 0 Å². The van der Waals surface area contributed by atoms with Crippen LogP contribution in [0, 0.1) is 18.6 Å². The van der Waals surface area contributed by atoms with Crippen LogP contribution in [0.5, 0.6) is 0 Å². The number of amides is 2. The Bertz CT molecular complexity index is 850. The average molecular weight is 595 g/mol. The molecule has 0 aliphatic rings. The van der Waals surface area contributed by atoms with E-state index in [0.717, 1.165) is 13.2 Å². The molecule has 0 aliphatic carbocycles. The van der Waals surface area contributed by atoms with Gasteiger partial charge in [-0.2, -0.15) is 4.98 Å². The molecule has 0 aliphatic heterocycles. The van der Waals surface area contributed by atoms with Gasteiger partial charge < -0.3 is 40.1 Å². The SMILES string of the molecule is C=O.CC.CC.CC.CC(=O)NC(C)C(O)C(O)CNC(=O)c1coc(N(C)C)n1.CO.Cc1cc(F)cc(F)c1. The highest BCUT2D eigenvalue weighted by molar-refractivity contribution is 5.92. The third kappa shape index (κ3) is 24.1. The molecule has 0 saturated heterocycles. The lowest BCUT2D eigenvalue weighted by Gasteiger charge is -2.24. The van der Waals surface area contributed by atoms with Crippen LogP contribution >= 0.6 is 0 Å². The first kappa shape index (κ1) is 47.4. The van der Waals surface area contributed by atoms with Gasteiger partial charge in [0.2, 0.25) is 5.91 Å². The zero-order chi connectivity index (χ0) is 33.7. The van der Waals surface area contributed by atoms with Crippen molar-refractivity contribution in [1.82, 2.24) is 15.6 Å². The van der Waals surface area contributed by atoms with Crippen LogP contribution in [0.2, 0.25) is 0 Å². The highest BCUT2D eigenvalue weighted by Crippen LogP contribution is 2.10. The van der Waals surface area contributed by atoms with Gasteiger partial charge in [0, 0.05) is 40.7 Å². The van der Waals surface area contributed by atoms with Crippen LogP contribution in [0.1, 0.15) is 71.4 Å². The maximum atomic E-state index is 12.2. The van der Waals surface area contributed by atoms with Crippen LogP contribution in [0.25, 0.3) is 0 Å². The summed E-state index contributed by atoms with van der Waals surface area (Å²) in [5.41, 5.74) is 0.674. The van der Waals surface area contributed by atoms with E-state index < -0.39 is 35.8 Å². The molecule has 2 aromatic rings. The van der Waals surface area contributed by atoms with Gasteiger partial charge in [-0.15, -0.1) is 0 Å². The van der Waals surface area contributed by atoms with Crippen molar-refractivity contribution in [2.24, 2.45) is 0 Å². The molecule has 3 unspecified atom stereocenters. The van der Waals surface area contributed by atoms with Crippen LogP contribution in [0.15, 0.2) is 28.9 Å². The van der Waals surface area contributed by atoms with Crippen molar-refractivity contribution in [3.63, 3.8) is 0 Å². The van der Waals surface area contributed by atoms with E-state index in [0.29, 0.717) is 5.56 Å². The van der Waals surface area contributed by atoms with E-state index in [9.17, 15) is 28.6 Å². The molecule has 3 atom stereocenters. The number of rotatable bonds is 7. The lowest BCUT2D eigenvalue weighted by atomic mass is 10.1. The van der Waals surface area contributed by atoms with Crippen LogP contribution in [0.4, 0.5) is 14.8 Å². The Labute approximate surface area is 244 Å². The molecule has 13 heteroatoms. The molecular formula is C28H52F2N4O7. The minimum atomic E-state index is -1.23. The molecule has 1 heterocycles. The first-order valence-corrected chi connectivity index (χ1v) is 13.1. The maximum absolute atomic E-state index is 12.2. The Kier molecular flexibility index (Phi) is 35.9. The zero-order valence-corrected chi connectivity index (χ0v) is 26.6. The second-order valence-electron chi connectivity index (χ2n) is 7.11. The predicted octanol–water partition coefficient (Wildman–Crippen LogP) is 3.49. The number of hydrogen-bond acceptors (Lipinski definition) is 9. The maximum Gasteiger partial charge on any atom is 0.297 e. The number of carbonyl (C=O) groups is 3. The summed E-state index contributed by atoms with van der Waals surface area (Å²) in [7, 11) is 4.44. The molecule has 41 heavy (non-hydrogen) atoms. The molecule has 240 valence electrons. The fourth-order valence-electron chi connectivity index (χ4n) is 2.41. The number of benzene rings is 1. The number of hydrogen-bond donors (Lipinski definition) is 5. The Balaban J connectivity index is -0.000000188. The Morgan fingerprint density at radius 3 is 1.78 bits per heavy atom. The van der Waals surface area contributed by atoms with E-state index in [2.05, 4.69) is 15.6 Å². The first-order chi connectivity index (χ1) is 19.4. The topological polar surface area (TPSA) is 165 Å². The van der Waals surface area contributed by atoms with E-state index in [-0.39, 0.29) is 24.2 Å². The van der Waals surface area contributed by atoms with Crippen LogP contribution in [0.3, 0.4) is 0 Å². The lowest BCUT2D eigenvalue weighted by molar-refractivity contribution is -0.121. The molecular weight excluding hydrogens is 542 g/mol. The van der Waals surface area contributed by atoms with Gasteiger partial charge >= 0.3 is 0 Å². The van der Waals surface area contributed by atoms with Crippen molar-refractivity contribution in [3.05, 3.63) is 47.4 Å². The number of aliphatic hydroxyl groups excluding tert-OH is 3. The molecule has 0 spiro atoms. The van der Waals surface area contributed by atoms with Crippen molar-refractivity contribution in [1.29, 1.82) is 0 Å². The second-order valence-corrected chi connectivity index (χ2v) is 7.11. The van der Waals surface area contributed by atoms with Crippen molar-refractivity contribution in [2.75, 3.05) is 32.6 Å². The summed E-state index contributed by atoms with van der Waals surface area (Å²) >= 11 is 0. The summed E-state index contributed by atoms with van der Waals surface area (Å²) in [6.45, 7) is 18.3. The number of nitrogens with zero attached hydrogens (tertiary/aromatic N) is 2. The summed E-state index contributed by atoms with van der Waals surface area (Å²) in [6.07, 6.45) is -1.24. The van der Waals surface area contributed by atoms with Gasteiger partial charge in [-0.25, -0.2) is 8.78 Å². The summed E-state index contributed by atoms with van der Waals surface area (Å²) in [5, 5.41) is 31.6. The Morgan fingerprint density at radius 2 is 1.44 bits per heavy atom. The minimum absolute atomic E-state index is 0.0697. The largest absolute Gasteiger partial charge is 0.431 e. The van der Waals surface area contributed by atoms with Crippen LogP contribution in [-0.2, 0) is 9.59 Å². The number of carbonyl (C=O) groups excluding carboxylic acids is 3. The fraction of sp³-hybridized carbons (Fsp3) is 0.571. The molecule has 0 fully saturated rings. The molecule has 11 nitrogen and oxygen atoms in total. The Morgan fingerprint density at radius 1 is 1.00 bits per heavy atom. The third-order valence-electron chi connectivity index (χ3n) is 3.92. The molecule has 0 bridgehead atoms. The van der Waals surface area contributed by atoms with Gasteiger partial charge in [-0.05, 0) is 31.5 Å². The standard InChI is InChI=1S/C13H22N4O5.C7H6F2.3C2H6.CH4O.CH2O/c1-7(15-8(2)18)11(20)10(19)5-14-12(21)9-6-22-13(16-9)17(3)4;1-5-2-6(8)4-7(9)3-5;5*1-2/h6-7,10-11,19-20H,5H2,1-4H3,(H,14,21)(H,15,18);2-4H,1H3;3*1-2H3;2H,1H3;1H2. The van der Waals surface area contributed by atoms with Crippen molar-refractivity contribution >= 4 is 24.6 Å². The number of aliphatic hydroxyl groups is 3. The van der Waals surface area contributed by atoms with E-state index in [1.807, 2.05) is 48.3 Å². The predicted molar refractivity (Wildman–Crippen MR) is 159 cm³/mol. The molecule has 1 aromatic carbocycles. The van der Waals surface area contributed by atoms with Crippen molar-refractivity contribution in [2.45, 2.75) is 80.6 Å². The Hall–Kier alpha value is -3.42. The zero-order valence-electron chi connectivity index (χ0n) is 26.6. The quantitative estimate of drug-likeness (QED) is 0.323. The van der Waals surface area contributed by atoms with Gasteiger partial charge in [-0.1, -0.05) is 41.5 Å². The summed E-state index contributed by atoms with van der Waals surface area (Å²) in [4.78, 5) is 36.3. The molecule has 5 N–H and O–H groups in total. The van der Waals surface area contributed by atoms with E-state index in [1.54, 1.807) is 32.8 Å². The number of anilines is 1. The molecule has 2 rings (SSSR count). The van der Waals surface area contributed by atoms with Gasteiger partial charge in [0.15, 0.2) is 5.69 Å². The van der Waals surface area contributed by atoms with Gasteiger partial charge in [0.25, 0.3) is 11.9 Å². The molecule has 0 radical (unpaired) electrons. The normalized spacial score (nSPS) is 10.8. The summed E-state index contributed by atoms with van der Waals surface area (Å²) in [5.74, 6) is -1.89. The molecule has 2 amide bonds. The molecule has 1 aromatic heterocycles. The number of aromatic nitrogens is 1. The number of aryl methyl sites for hydroxylation is 1. The van der Waals surface area contributed by atoms with E-state index >= 15 is 0 Å². The van der Waals surface area contributed by atoms with Gasteiger partial charge in [0.1, 0.15) is 30.8 Å². The van der Waals surface area contributed by atoms with Crippen LogP contribution < -0.4 is 15.5 Å². The minimum Gasteiger partial charge on any atom is -0.431 e. The number of oxazole rings is 1. The highest BCUT2D eigenvalue weighted by atomic mass is 19.1. The fourth-order valence-corrected chi connectivity index (χ4v) is 2.41. The summed E-state index contributed by atoms with van der Waals surface area (Å²) in [6, 6.07) is 3.06. The molecule has 0 saturated carbocycles. The highest BCUT2D eigenvalue weighted by Gasteiger charge is 2.24. The van der Waals surface area contributed by atoms with Gasteiger partial charge in [0.05, 0.1) is 12.1 Å². The monoisotopic (exact) mass is 594 g/mol. The number of nitrogens with one attached hydrogen (secondary N) is 2. The van der Waals surface area contributed by atoms with E-state index in [4.69, 9.17) is 14.3 Å². The number of halogens is 2. The lowest BCUT2D eigenvalue weighted by Crippen LogP contribution is -2.49.